The first kappa shape index (κ1) is 22.2. The molecule has 0 saturated carbocycles. The maximum Gasteiger partial charge on any atom is 0.258 e. The summed E-state index contributed by atoms with van der Waals surface area (Å²) in [5, 5.41) is 12.1. The van der Waals surface area contributed by atoms with Gasteiger partial charge in [-0.25, -0.2) is 0 Å². The molecule has 1 unspecified atom stereocenters. The zero-order valence-electron chi connectivity index (χ0n) is 20.4. The van der Waals surface area contributed by atoms with Crippen LogP contribution in [0, 0.1) is 0 Å². The third-order valence-electron chi connectivity index (χ3n) is 9.12. The quantitative estimate of drug-likeness (QED) is 0.668. The molecule has 1 saturated heterocycles. The number of hydrogen-bond donors (Lipinski definition) is 1. The van der Waals surface area contributed by atoms with Crippen molar-refractivity contribution < 1.29 is 19.1 Å². The number of likely N-dealkylation sites (N-methyl/N-ethyl adjacent to an activating group) is 1. The second kappa shape index (κ2) is 6.94. The molecule has 6 heteroatoms. The van der Waals surface area contributed by atoms with Crippen LogP contribution in [-0.2, 0) is 16.6 Å². The van der Waals surface area contributed by atoms with Crippen molar-refractivity contribution in [2.24, 2.45) is 0 Å². The monoisotopic (exact) mass is 455 g/mol. The molecule has 1 aromatic rings. The molecular weight excluding hydrogens is 418 g/mol. The number of carbonyl (C=O) groups is 1. The molecule has 0 radical (unpaired) electrons. The zero-order valence-corrected chi connectivity index (χ0v) is 21.4. The molecule has 32 heavy (non-hydrogen) atoms. The molecule has 1 N–H and O–H groups in total. The highest BCUT2D eigenvalue weighted by atomic mass is 28.4. The minimum absolute atomic E-state index is 0.0481. The van der Waals surface area contributed by atoms with Crippen molar-refractivity contribution in [3.05, 3.63) is 35.4 Å². The van der Waals surface area contributed by atoms with E-state index in [2.05, 4.69) is 65.6 Å². The molecule has 4 aliphatic rings. The van der Waals surface area contributed by atoms with Gasteiger partial charge >= 0.3 is 0 Å². The van der Waals surface area contributed by atoms with Gasteiger partial charge in [-0.1, -0.05) is 47.6 Å². The Labute approximate surface area is 192 Å². The number of rotatable bonds is 5. The molecule has 174 valence electrons. The van der Waals surface area contributed by atoms with Gasteiger partial charge in [0.2, 0.25) is 0 Å². The van der Waals surface area contributed by atoms with Gasteiger partial charge in [-0.3, -0.25) is 9.69 Å². The van der Waals surface area contributed by atoms with Crippen LogP contribution in [-0.4, -0.2) is 55.4 Å². The lowest BCUT2D eigenvalue weighted by Gasteiger charge is -2.60. The van der Waals surface area contributed by atoms with Crippen molar-refractivity contribution in [3.63, 3.8) is 0 Å². The third-order valence-corrected chi connectivity index (χ3v) is 15.1. The maximum atomic E-state index is 13.1. The summed E-state index contributed by atoms with van der Waals surface area (Å²) in [4.78, 5) is 15.3. The number of benzene rings is 1. The highest BCUT2D eigenvalue weighted by molar-refractivity contribution is 6.78. The van der Waals surface area contributed by atoms with Crippen molar-refractivity contribution in [1.82, 2.24) is 4.90 Å². The Balaban J connectivity index is 1.72. The Hall–Kier alpha value is -1.63. The summed E-state index contributed by atoms with van der Waals surface area (Å²) in [5.41, 5.74) is 1.67. The van der Waals surface area contributed by atoms with Crippen LogP contribution in [0.3, 0.4) is 0 Å². The number of piperidine rings is 1. The highest BCUT2D eigenvalue weighted by Gasteiger charge is 2.71. The van der Waals surface area contributed by atoms with Crippen molar-refractivity contribution in [2.75, 3.05) is 13.6 Å². The van der Waals surface area contributed by atoms with Gasteiger partial charge in [-0.05, 0) is 66.8 Å². The lowest BCUT2D eigenvalue weighted by molar-refractivity contribution is -0.151. The SMILES string of the molecule is CC(C)[Si](Oc1ccc2c3c1O[C@H]1C(=O)C=CC4(O)[C@@H](C2)N(C)CC[C@]314)(C(C)C)C(C)C. The standard InChI is InChI=1S/C26H37NO4Si/c1-15(2)32(16(3)4,17(5)6)31-20-9-8-18-14-21-26(29)11-10-19(28)24-25(26,12-13-27(21)7)22(18)23(20)30-24/h8-11,15-17,21,24,29H,12-14H2,1-7H3/t21-,24+,25+,26?/m1/s1. The Bertz CT molecular complexity index is 980. The number of likely N-dealkylation sites (tertiary alicyclic amines) is 1. The van der Waals surface area contributed by atoms with Gasteiger partial charge in [0, 0.05) is 11.6 Å². The molecule has 2 aliphatic heterocycles. The molecule has 4 atom stereocenters. The Morgan fingerprint density at radius 3 is 2.44 bits per heavy atom. The average molecular weight is 456 g/mol. The molecule has 1 fully saturated rings. The zero-order chi connectivity index (χ0) is 23.2. The largest absolute Gasteiger partial charge is 0.540 e. The molecule has 2 bridgehead atoms. The normalized spacial score (nSPS) is 33.2. The summed E-state index contributed by atoms with van der Waals surface area (Å²) < 4.78 is 13.6. The van der Waals surface area contributed by atoms with Crippen molar-refractivity contribution in [2.45, 2.75) is 94.2 Å². The lowest BCUT2D eigenvalue weighted by Crippen LogP contribution is -2.74. The van der Waals surface area contributed by atoms with E-state index in [0.717, 1.165) is 24.3 Å². The second-order valence-electron chi connectivity index (χ2n) is 11.3. The minimum Gasteiger partial charge on any atom is -0.540 e. The molecule has 2 heterocycles. The van der Waals surface area contributed by atoms with E-state index in [1.807, 2.05) is 0 Å². The number of hydrogen-bond acceptors (Lipinski definition) is 5. The molecule has 1 spiro atoms. The van der Waals surface area contributed by atoms with Crippen LogP contribution < -0.4 is 9.16 Å². The first-order valence-electron chi connectivity index (χ1n) is 12.2. The van der Waals surface area contributed by atoms with E-state index in [4.69, 9.17) is 9.16 Å². The van der Waals surface area contributed by atoms with Crippen LogP contribution in [0.15, 0.2) is 24.3 Å². The van der Waals surface area contributed by atoms with Crippen molar-refractivity contribution in [1.29, 1.82) is 0 Å². The maximum absolute atomic E-state index is 13.1. The first-order valence-corrected chi connectivity index (χ1v) is 14.3. The van der Waals surface area contributed by atoms with E-state index < -0.39 is 25.4 Å². The van der Waals surface area contributed by atoms with E-state index in [9.17, 15) is 9.90 Å². The van der Waals surface area contributed by atoms with Gasteiger partial charge in [0.25, 0.3) is 8.32 Å². The van der Waals surface area contributed by atoms with Gasteiger partial charge in [-0.2, -0.15) is 0 Å². The van der Waals surface area contributed by atoms with Crippen LogP contribution in [0.5, 0.6) is 11.5 Å². The fourth-order valence-corrected chi connectivity index (χ4v) is 13.0. The summed E-state index contributed by atoms with van der Waals surface area (Å²) in [7, 11) is -0.137. The fraction of sp³-hybridized carbons (Fsp3) is 0.654. The summed E-state index contributed by atoms with van der Waals surface area (Å²) >= 11 is 0. The highest BCUT2D eigenvalue weighted by Crippen LogP contribution is 2.64. The van der Waals surface area contributed by atoms with Crippen molar-refractivity contribution >= 4 is 14.1 Å². The van der Waals surface area contributed by atoms with Crippen molar-refractivity contribution in [3.8, 4) is 11.5 Å². The summed E-state index contributed by atoms with van der Waals surface area (Å²) in [6.45, 7) is 14.5. The van der Waals surface area contributed by atoms with Gasteiger partial charge in [0.05, 0.1) is 5.41 Å². The average Bonchev–Trinajstić information content (AvgIpc) is 3.07. The Morgan fingerprint density at radius 2 is 1.81 bits per heavy atom. The summed E-state index contributed by atoms with van der Waals surface area (Å²) in [6, 6.07) is 4.16. The van der Waals surface area contributed by atoms with E-state index >= 15 is 0 Å². The van der Waals surface area contributed by atoms with Gasteiger partial charge < -0.3 is 14.3 Å². The number of nitrogens with zero attached hydrogens (tertiary/aromatic N) is 1. The van der Waals surface area contributed by atoms with Crippen LogP contribution >= 0.6 is 0 Å². The van der Waals surface area contributed by atoms with E-state index in [-0.39, 0.29) is 11.8 Å². The predicted molar refractivity (Wildman–Crippen MR) is 128 cm³/mol. The number of carbonyl (C=O) groups excluding carboxylic acids is 1. The third kappa shape index (κ3) is 2.44. The van der Waals surface area contributed by atoms with E-state index in [0.29, 0.717) is 28.8 Å². The van der Waals surface area contributed by atoms with E-state index in [1.165, 1.54) is 5.56 Å². The molecule has 1 aromatic carbocycles. The molecule has 0 amide bonds. The topological polar surface area (TPSA) is 59.0 Å². The fourth-order valence-electron chi connectivity index (χ4n) is 7.74. The molecule has 5 rings (SSSR count). The molecule has 2 aliphatic carbocycles. The Morgan fingerprint density at radius 1 is 1.16 bits per heavy atom. The summed E-state index contributed by atoms with van der Waals surface area (Å²) in [5.74, 6) is 1.43. The van der Waals surface area contributed by atoms with Crippen LogP contribution in [0.25, 0.3) is 0 Å². The summed E-state index contributed by atoms with van der Waals surface area (Å²) in [6.07, 6.45) is 4.06. The van der Waals surface area contributed by atoms with Gasteiger partial charge in [0.15, 0.2) is 17.6 Å². The first-order chi connectivity index (χ1) is 15.0. The molecule has 0 aromatic heterocycles. The molecular formula is C26H37NO4Si. The predicted octanol–water partition coefficient (Wildman–Crippen LogP) is 4.37. The minimum atomic E-state index is -2.21. The number of ether oxygens (including phenoxy) is 1. The Kier molecular flexibility index (Phi) is 4.81. The molecule has 5 nitrogen and oxygen atoms in total. The van der Waals surface area contributed by atoms with Gasteiger partial charge in [-0.15, -0.1) is 0 Å². The smallest absolute Gasteiger partial charge is 0.258 e. The van der Waals surface area contributed by atoms with Gasteiger partial charge in [0.1, 0.15) is 11.4 Å². The number of ketones is 1. The second-order valence-corrected chi connectivity index (χ2v) is 16.7. The number of aliphatic hydroxyl groups is 1. The van der Waals surface area contributed by atoms with Crippen LogP contribution in [0.4, 0.5) is 0 Å². The van der Waals surface area contributed by atoms with Crippen LogP contribution in [0.1, 0.15) is 59.1 Å². The van der Waals surface area contributed by atoms with E-state index in [1.54, 1.807) is 12.2 Å². The van der Waals surface area contributed by atoms with Crippen LogP contribution in [0.2, 0.25) is 16.6 Å². The lowest BCUT2D eigenvalue weighted by atomic mass is 9.51.